The molecule has 21 heavy (non-hydrogen) atoms. The van der Waals surface area contributed by atoms with Crippen LogP contribution in [-0.4, -0.2) is 35.1 Å². The van der Waals surface area contributed by atoms with E-state index in [0.29, 0.717) is 6.04 Å². The zero-order chi connectivity index (χ0) is 15.3. The highest BCUT2D eigenvalue weighted by Crippen LogP contribution is 2.28. The molecule has 1 N–H and O–H groups in total. The Labute approximate surface area is 139 Å². The molecule has 0 aromatic heterocycles. The van der Waals surface area contributed by atoms with Crippen molar-refractivity contribution in [2.24, 2.45) is 0 Å². The second-order valence-corrected chi connectivity index (χ2v) is 9.30. The summed E-state index contributed by atoms with van der Waals surface area (Å²) in [5.74, 6) is 3.92. The summed E-state index contributed by atoms with van der Waals surface area (Å²) in [6.07, 6.45) is 1.15. The van der Waals surface area contributed by atoms with Crippen LogP contribution in [0, 0.1) is 0 Å². The van der Waals surface area contributed by atoms with Crippen LogP contribution in [0.2, 0.25) is 0 Å². The van der Waals surface area contributed by atoms with E-state index in [4.69, 9.17) is 0 Å². The average Bonchev–Trinajstić information content (AvgIpc) is 2.47. The van der Waals surface area contributed by atoms with Crippen molar-refractivity contribution in [1.82, 2.24) is 5.32 Å². The van der Waals surface area contributed by atoms with Crippen LogP contribution >= 0.6 is 23.5 Å². The summed E-state index contributed by atoms with van der Waals surface area (Å²) in [6, 6.07) is 9.87. The van der Waals surface area contributed by atoms with Gasteiger partial charge in [-0.1, -0.05) is 52.0 Å². The molecule has 1 nitrogen and oxygen atoms in total. The molecular formula is C18H29NS2. The van der Waals surface area contributed by atoms with E-state index in [-0.39, 0.29) is 5.41 Å². The molecule has 3 heteroatoms. The zero-order valence-corrected chi connectivity index (χ0v) is 15.4. The van der Waals surface area contributed by atoms with Gasteiger partial charge in [0.1, 0.15) is 0 Å². The van der Waals surface area contributed by atoms with Gasteiger partial charge in [0.05, 0.1) is 0 Å². The molecule has 0 saturated carbocycles. The van der Waals surface area contributed by atoms with E-state index in [1.54, 1.807) is 0 Å². The first-order valence-corrected chi connectivity index (χ1v) is 10.2. The van der Waals surface area contributed by atoms with Gasteiger partial charge in [0.25, 0.3) is 0 Å². The Bertz CT molecular complexity index is 416. The predicted molar refractivity (Wildman–Crippen MR) is 99.9 cm³/mol. The van der Waals surface area contributed by atoms with E-state index >= 15 is 0 Å². The van der Waals surface area contributed by atoms with E-state index in [9.17, 15) is 0 Å². The molecule has 118 valence electrons. The molecule has 2 rings (SSSR count). The highest BCUT2D eigenvalue weighted by atomic mass is 32.2. The maximum Gasteiger partial charge on any atom is 0.0295 e. The number of thioether (sulfide) groups is 2. The van der Waals surface area contributed by atoms with Crippen LogP contribution in [0.25, 0.3) is 0 Å². The molecule has 1 aromatic carbocycles. The molecule has 2 unspecified atom stereocenters. The van der Waals surface area contributed by atoms with Gasteiger partial charge in [0.2, 0.25) is 0 Å². The van der Waals surface area contributed by atoms with Crippen molar-refractivity contribution in [3.8, 4) is 0 Å². The lowest BCUT2D eigenvalue weighted by atomic mass is 9.86. The maximum atomic E-state index is 3.71. The number of nitrogens with one attached hydrogen (secondary N) is 1. The first-order chi connectivity index (χ1) is 10.0. The topological polar surface area (TPSA) is 12.0 Å². The molecule has 0 radical (unpaired) electrons. The monoisotopic (exact) mass is 323 g/mol. The molecule has 1 aliphatic rings. The quantitative estimate of drug-likeness (QED) is 0.865. The average molecular weight is 324 g/mol. The Hall–Kier alpha value is -0.120. The Morgan fingerprint density at radius 1 is 1.19 bits per heavy atom. The van der Waals surface area contributed by atoms with Crippen LogP contribution in [0.1, 0.15) is 38.8 Å². The second kappa shape index (κ2) is 7.94. The van der Waals surface area contributed by atoms with Crippen molar-refractivity contribution in [2.45, 2.75) is 50.8 Å². The van der Waals surface area contributed by atoms with Crippen molar-refractivity contribution in [3.05, 3.63) is 35.4 Å². The Balaban J connectivity index is 2.02. The summed E-state index contributed by atoms with van der Waals surface area (Å²) in [7, 11) is 0. The van der Waals surface area contributed by atoms with Crippen molar-refractivity contribution >= 4 is 23.5 Å². The summed E-state index contributed by atoms with van der Waals surface area (Å²) >= 11 is 4.27. The fourth-order valence-electron chi connectivity index (χ4n) is 2.73. The predicted octanol–water partition coefficient (Wildman–Crippen LogP) is 4.35. The van der Waals surface area contributed by atoms with E-state index in [0.717, 1.165) is 18.2 Å². The van der Waals surface area contributed by atoms with E-state index in [2.05, 4.69) is 80.8 Å². The third kappa shape index (κ3) is 5.22. The maximum absolute atomic E-state index is 3.71. The summed E-state index contributed by atoms with van der Waals surface area (Å²) < 4.78 is 0. The van der Waals surface area contributed by atoms with Gasteiger partial charge in [0, 0.05) is 28.6 Å². The van der Waals surface area contributed by atoms with Gasteiger partial charge >= 0.3 is 0 Å². The molecule has 0 spiro atoms. The number of hydrogen-bond donors (Lipinski definition) is 1. The Morgan fingerprint density at radius 2 is 1.90 bits per heavy atom. The van der Waals surface area contributed by atoms with Gasteiger partial charge in [0.15, 0.2) is 0 Å². The highest BCUT2D eigenvalue weighted by molar-refractivity contribution is 8.06. The molecule has 1 aromatic rings. The molecule has 1 heterocycles. The van der Waals surface area contributed by atoms with Crippen molar-refractivity contribution < 1.29 is 0 Å². The lowest BCUT2D eigenvalue weighted by Gasteiger charge is -2.30. The molecular weight excluding hydrogens is 294 g/mol. The van der Waals surface area contributed by atoms with Gasteiger partial charge in [-0.3, -0.25) is 0 Å². The molecule has 1 aliphatic heterocycles. The number of likely N-dealkylation sites (N-methyl/N-ethyl adjacent to an activating group) is 1. The minimum absolute atomic E-state index is 0.245. The standard InChI is InChI=1S/C18H29NS2/c1-5-19-16(17-13-20-10-11-21-17)12-14-6-8-15(9-7-14)18(2,3)4/h6-9,16-17,19H,5,10-13H2,1-4H3. The van der Waals surface area contributed by atoms with Crippen molar-refractivity contribution in [2.75, 3.05) is 23.8 Å². The molecule has 1 fully saturated rings. The van der Waals surface area contributed by atoms with E-state index < -0.39 is 0 Å². The molecule has 0 aliphatic carbocycles. The van der Waals surface area contributed by atoms with Gasteiger partial charge in [-0.25, -0.2) is 0 Å². The number of hydrogen-bond acceptors (Lipinski definition) is 3. The minimum Gasteiger partial charge on any atom is -0.313 e. The van der Waals surface area contributed by atoms with Crippen LogP contribution in [0.3, 0.4) is 0 Å². The zero-order valence-electron chi connectivity index (χ0n) is 13.8. The van der Waals surface area contributed by atoms with Gasteiger partial charge in [-0.2, -0.15) is 23.5 Å². The normalized spacial score (nSPS) is 21.2. The highest BCUT2D eigenvalue weighted by Gasteiger charge is 2.24. The van der Waals surface area contributed by atoms with Crippen LogP contribution in [0.15, 0.2) is 24.3 Å². The Kier molecular flexibility index (Phi) is 6.51. The first-order valence-electron chi connectivity index (χ1n) is 8.03. The van der Waals surface area contributed by atoms with Crippen LogP contribution in [0.5, 0.6) is 0 Å². The van der Waals surface area contributed by atoms with Crippen LogP contribution in [-0.2, 0) is 11.8 Å². The van der Waals surface area contributed by atoms with E-state index in [1.807, 2.05) is 0 Å². The summed E-state index contributed by atoms with van der Waals surface area (Å²) in [5, 5.41) is 4.47. The molecule has 0 amide bonds. The van der Waals surface area contributed by atoms with Crippen molar-refractivity contribution in [3.63, 3.8) is 0 Å². The molecule has 2 atom stereocenters. The lowest BCUT2D eigenvalue weighted by Crippen LogP contribution is -2.42. The van der Waals surface area contributed by atoms with Gasteiger partial charge < -0.3 is 5.32 Å². The summed E-state index contributed by atoms with van der Waals surface area (Å²) in [5.41, 5.74) is 3.13. The number of benzene rings is 1. The minimum atomic E-state index is 0.245. The van der Waals surface area contributed by atoms with Crippen LogP contribution < -0.4 is 5.32 Å². The first kappa shape index (κ1) is 17.2. The van der Waals surface area contributed by atoms with Gasteiger partial charge in [-0.15, -0.1) is 0 Å². The second-order valence-electron chi connectivity index (χ2n) is 6.80. The summed E-state index contributed by atoms with van der Waals surface area (Å²) in [6.45, 7) is 10.1. The third-order valence-corrected chi connectivity index (χ3v) is 6.95. The third-order valence-electron chi connectivity index (χ3n) is 4.03. The fraction of sp³-hybridized carbons (Fsp3) is 0.667. The Morgan fingerprint density at radius 3 is 2.43 bits per heavy atom. The lowest BCUT2D eigenvalue weighted by molar-refractivity contribution is 0.522. The SMILES string of the molecule is CCNC(Cc1ccc(C(C)(C)C)cc1)C1CSCCS1. The van der Waals surface area contributed by atoms with Crippen LogP contribution in [0.4, 0.5) is 0 Å². The molecule has 0 bridgehead atoms. The largest absolute Gasteiger partial charge is 0.313 e. The van der Waals surface area contributed by atoms with E-state index in [1.165, 1.54) is 28.4 Å². The van der Waals surface area contributed by atoms with Crippen molar-refractivity contribution in [1.29, 1.82) is 0 Å². The fourth-order valence-corrected chi connectivity index (χ4v) is 5.62. The van der Waals surface area contributed by atoms with Gasteiger partial charge in [-0.05, 0) is 29.5 Å². The summed E-state index contributed by atoms with van der Waals surface area (Å²) in [4.78, 5) is 0. The smallest absolute Gasteiger partial charge is 0.0295 e. The number of rotatable bonds is 5. The molecule has 1 saturated heterocycles.